The van der Waals surface area contributed by atoms with Gasteiger partial charge in [0.25, 0.3) is 5.91 Å². The summed E-state index contributed by atoms with van der Waals surface area (Å²) in [5.74, 6) is 1.06. The van der Waals surface area contributed by atoms with E-state index in [1.807, 2.05) is 9.47 Å². The van der Waals surface area contributed by atoms with Gasteiger partial charge in [-0.1, -0.05) is 0 Å². The van der Waals surface area contributed by atoms with Crippen LogP contribution in [0.25, 0.3) is 0 Å². The number of carbonyl (C=O) groups is 1. The van der Waals surface area contributed by atoms with Crippen molar-refractivity contribution in [3.8, 4) is 5.88 Å². The molecule has 0 bridgehead atoms. The zero-order valence-electron chi connectivity index (χ0n) is 16.9. The zero-order valence-corrected chi connectivity index (χ0v) is 16.9. The zero-order chi connectivity index (χ0) is 20.4. The van der Waals surface area contributed by atoms with Crippen molar-refractivity contribution in [1.82, 2.24) is 24.2 Å². The summed E-state index contributed by atoms with van der Waals surface area (Å²) >= 11 is 0. The molecule has 4 rings (SSSR count). The normalized spacial score (nSPS) is 19.4. The molecule has 0 radical (unpaired) electrons. The van der Waals surface area contributed by atoms with Gasteiger partial charge in [0.2, 0.25) is 5.88 Å². The second-order valence-electron chi connectivity index (χ2n) is 7.61. The molecule has 0 aromatic carbocycles. The number of likely N-dealkylation sites (tertiary alicyclic amines) is 1. The molecule has 2 aliphatic rings. The first-order chi connectivity index (χ1) is 14.1. The molecule has 156 valence electrons. The first-order valence-corrected chi connectivity index (χ1v) is 10.1. The summed E-state index contributed by atoms with van der Waals surface area (Å²) < 4.78 is 13.7. The van der Waals surface area contributed by atoms with Crippen LogP contribution in [0.1, 0.15) is 53.8 Å². The van der Waals surface area contributed by atoms with Gasteiger partial charge < -0.3 is 14.4 Å². The molecule has 0 N–H and O–H groups in total. The number of carbonyl (C=O) groups excluding carboxylic acids is 1. The summed E-state index contributed by atoms with van der Waals surface area (Å²) in [6.45, 7) is 2.08. The lowest BCUT2D eigenvalue weighted by atomic mass is 9.96. The van der Waals surface area contributed by atoms with E-state index >= 15 is 0 Å². The maximum atomic E-state index is 13.1. The van der Waals surface area contributed by atoms with Gasteiger partial charge in [0.05, 0.1) is 20.3 Å². The molecular weight excluding hydrogens is 374 g/mol. The van der Waals surface area contributed by atoms with Crippen LogP contribution in [0.2, 0.25) is 0 Å². The minimum absolute atomic E-state index is 0.0347. The van der Waals surface area contributed by atoms with Gasteiger partial charge in [-0.2, -0.15) is 5.10 Å². The van der Waals surface area contributed by atoms with Crippen LogP contribution in [0, 0.1) is 0 Å². The molecule has 9 nitrogen and oxygen atoms in total. The van der Waals surface area contributed by atoms with E-state index in [4.69, 9.17) is 9.47 Å². The van der Waals surface area contributed by atoms with Gasteiger partial charge in [-0.3, -0.25) is 9.36 Å². The van der Waals surface area contributed by atoms with Crippen molar-refractivity contribution in [3.05, 3.63) is 40.2 Å². The van der Waals surface area contributed by atoms with Gasteiger partial charge >= 0.3 is 5.69 Å². The Kier molecular flexibility index (Phi) is 5.66. The molecule has 1 saturated heterocycles. The van der Waals surface area contributed by atoms with Crippen LogP contribution in [-0.4, -0.2) is 64.1 Å². The summed E-state index contributed by atoms with van der Waals surface area (Å²) in [7, 11) is 3.13. The third kappa shape index (κ3) is 3.91. The van der Waals surface area contributed by atoms with Gasteiger partial charge in [0.15, 0.2) is 0 Å². The van der Waals surface area contributed by atoms with Crippen molar-refractivity contribution in [3.63, 3.8) is 0 Å². The molecule has 1 aliphatic heterocycles. The van der Waals surface area contributed by atoms with E-state index in [1.165, 1.54) is 11.8 Å². The van der Waals surface area contributed by atoms with E-state index in [2.05, 4.69) is 10.1 Å². The summed E-state index contributed by atoms with van der Waals surface area (Å²) in [6.07, 6.45) is 5.38. The monoisotopic (exact) mass is 401 g/mol. The fourth-order valence-electron chi connectivity index (χ4n) is 3.97. The van der Waals surface area contributed by atoms with Crippen molar-refractivity contribution < 1.29 is 14.3 Å². The molecule has 9 heteroatoms. The maximum Gasteiger partial charge on any atom is 0.346 e. The predicted molar refractivity (Wildman–Crippen MR) is 105 cm³/mol. The van der Waals surface area contributed by atoms with Gasteiger partial charge in [0, 0.05) is 38.4 Å². The van der Waals surface area contributed by atoms with E-state index < -0.39 is 0 Å². The molecule has 3 heterocycles. The quantitative estimate of drug-likeness (QED) is 0.697. The smallest absolute Gasteiger partial charge is 0.346 e. The molecule has 1 saturated carbocycles. The average Bonchev–Trinajstić information content (AvgIpc) is 3.55. The molecule has 1 unspecified atom stereocenters. The van der Waals surface area contributed by atoms with E-state index in [-0.39, 0.29) is 23.6 Å². The number of amides is 1. The van der Waals surface area contributed by atoms with Crippen molar-refractivity contribution in [2.24, 2.45) is 0 Å². The molecule has 0 spiro atoms. The van der Waals surface area contributed by atoms with Crippen molar-refractivity contribution in [1.29, 1.82) is 0 Å². The number of nitrogens with zero attached hydrogens (tertiary/aromatic N) is 5. The van der Waals surface area contributed by atoms with Crippen molar-refractivity contribution in [2.45, 2.75) is 44.2 Å². The summed E-state index contributed by atoms with van der Waals surface area (Å²) in [4.78, 5) is 31.9. The first kappa shape index (κ1) is 19.6. The number of methoxy groups -OCH3 is 2. The third-order valence-electron chi connectivity index (χ3n) is 5.58. The van der Waals surface area contributed by atoms with Gasteiger partial charge in [-0.05, 0) is 37.8 Å². The van der Waals surface area contributed by atoms with Gasteiger partial charge in [-0.15, -0.1) is 0 Å². The number of hydrogen-bond acceptors (Lipinski definition) is 6. The number of ether oxygens (including phenoxy) is 2. The van der Waals surface area contributed by atoms with Crippen LogP contribution in [0.3, 0.4) is 0 Å². The van der Waals surface area contributed by atoms with Gasteiger partial charge in [-0.25, -0.2) is 14.5 Å². The second kappa shape index (κ2) is 8.36. The van der Waals surface area contributed by atoms with Crippen molar-refractivity contribution >= 4 is 5.91 Å². The lowest BCUT2D eigenvalue weighted by Crippen LogP contribution is -2.40. The number of rotatable bonds is 7. The molecular formula is C20H27N5O4. The fraction of sp³-hybridized carbons (Fsp3) is 0.600. The number of piperidine rings is 1. The standard InChI is InChI=1S/C20H27N5O4/c1-28-12-11-24-20(27)25(15-7-8-15)17(22-24)14-5-4-10-23(13-14)19(26)16-6-3-9-21-18(16)29-2/h3,6,9,14-15H,4-5,7-8,10-13H2,1-2H3. The summed E-state index contributed by atoms with van der Waals surface area (Å²) in [6, 6.07) is 3.70. The Morgan fingerprint density at radius 3 is 2.83 bits per heavy atom. The molecule has 1 atom stereocenters. The van der Waals surface area contributed by atoms with Crippen LogP contribution >= 0.6 is 0 Å². The van der Waals surface area contributed by atoms with E-state index in [1.54, 1.807) is 25.4 Å². The largest absolute Gasteiger partial charge is 0.480 e. The molecule has 2 fully saturated rings. The Bertz CT molecular complexity index is 933. The summed E-state index contributed by atoms with van der Waals surface area (Å²) in [5, 5.41) is 4.64. The minimum atomic E-state index is -0.0983. The predicted octanol–water partition coefficient (Wildman–Crippen LogP) is 1.45. The molecule has 1 aliphatic carbocycles. The Balaban J connectivity index is 1.59. The molecule has 2 aromatic rings. The van der Waals surface area contributed by atoms with Crippen LogP contribution in [-0.2, 0) is 11.3 Å². The highest BCUT2D eigenvalue weighted by Crippen LogP contribution is 2.37. The Morgan fingerprint density at radius 2 is 2.10 bits per heavy atom. The molecule has 1 amide bonds. The Labute approximate surface area is 169 Å². The average molecular weight is 401 g/mol. The van der Waals surface area contributed by atoms with Gasteiger partial charge in [0.1, 0.15) is 11.4 Å². The van der Waals surface area contributed by atoms with Crippen LogP contribution in [0.4, 0.5) is 0 Å². The Morgan fingerprint density at radius 1 is 1.28 bits per heavy atom. The fourth-order valence-corrected chi connectivity index (χ4v) is 3.97. The van der Waals surface area contributed by atoms with E-state index in [0.717, 1.165) is 31.5 Å². The Hall–Kier alpha value is -2.68. The van der Waals surface area contributed by atoms with Crippen molar-refractivity contribution in [2.75, 3.05) is 33.9 Å². The topological polar surface area (TPSA) is 91.5 Å². The second-order valence-corrected chi connectivity index (χ2v) is 7.61. The minimum Gasteiger partial charge on any atom is -0.480 e. The highest BCUT2D eigenvalue weighted by molar-refractivity contribution is 5.96. The highest BCUT2D eigenvalue weighted by atomic mass is 16.5. The number of pyridine rings is 1. The lowest BCUT2D eigenvalue weighted by molar-refractivity contribution is 0.0698. The number of aromatic nitrogens is 4. The van der Waals surface area contributed by atoms with Crippen LogP contribution in [0.5, 0.6) is 5.88 Å². The number of hydrogen-bond donors (Lipinski definition) is 0. The maximum absolute atomic E-state index is 13.1. The summed E-state index contributed by atoms with van der Waals surface area (Å²) in [5.41, 5.74) is 0.387. The lowest BCUT2D eigenvalue weighted by Gasteiger charge is -2.32. The SMILES string of the molecule is COCCn1nc(C2CCCN(C(=O)c3cccnc3OC)C2)n(C2CC2)c1=O. The molecule has 2 aromatic heterocycles. The molecule has 29 heavy (non-hydrogen) atoms. The van der Waals surface area contributed by atoms with Crippen LogP contribution in [0.15, 0.2) is 23.1 Å². The van der Waals surface area contributed by atoms with E-state index in [0.29, 0.717) is 37.7 Å². The first-order valence-electron chi connectivity index (χ1n) is 10.1. The highest BCUT2D eigenvalue weighted by Gasteiger charge is 2.35. The van der Waals surface area contributed by atoms with Crippen LogP contribution < -0.4 is 10.4 Å². The van der Waals surface area contributed by atoms with E-state index in [9.17, 15) is 9.59 Å². The third-order valence-corrected chi connectivity index (χ3v) is 5.58.